The molecule has 8 heteroatoms. The molecule has 1 aromatic heterocycles. The third-order valence-electron chi connectivity index (χ3n) is 5.63. The minimum atomic E-state index is -0.681. The lowest BCUT2D eigenvalue weighted by atomic mass is 10.1. The molecule has 3 aromatic rings. The second-order valence-corrected chi connectivity index (χ2v) is 9.21. The van der Waals surface area contributed by atoms with Gasteiger partial charge in [0.05, 0.1) is 19.8 Å². The van der Waals surface area contributed by atoms with Gasteiger partial charge < -0.3 is 23.7 Å². The highest BCUT2D eigenvalue weighted by atomic mass is 16.6. The largest absolute Gasteiger partial charge is 0.465 e. The lowest BCUT2D eigenvalue weighted by Crippen LogP contribution is -2.27. The number of para-hydroxylation sites is 1. The van der Waals surface area contributed by atoms with E-state index in [0.717, 1.165) is 21.8 Å². The SMILES string of the molecule is COC(=O)C1=C(C(=O)OC)N(c2ccc3c(c2)c2ccccc2n3CC(=O)OC(C)(C)C)C=CC=C1. The highest BCUT2D eigenvalue weighted by molar-refractivity contribution is 6.11. The summed E-state index contributed by atoms with van der Waals surface area (Å²) in [4.78, 5) is 39.5. The van der Waals surface area contributed by atoms with E-state index in [0.29, 0.717) is 5.69 Å². The van der Waals surface area contributed by atoms with E-state index in [2.05, 4.69) is 0 Å². The van der Waals surface area contributed by atoms with Crippen LogP contribution in [0, 0.1) is 0 Å². The first-order valence-corrected chi connectivity index (χ1v) is 11.4. The molecule has 0 radical (unpaired) electrons. The lowest BCUT2D eigenvalue weighted by Gasteiger charge is -2.23. The Morgan fingerprint density at radius 3 is 2.25 bits per heavy atom. The van der Waals surface area contributed by atoms with Crippen LogP contribution in [0.1, 0.15) is 20.8 Å². The van der Waals surface area contributed by atoms with Crippen LogP contribution in [0.25, 0.3) is 21.8 Å². The highest BCUT2D eigenvalue weighted by Gasteiger charge is 2.28. The number of hydrogen-bond acceptors (Lipinski definition) is 7. The number of carbonyl (C=O) groups excluding carboxylic acids is 3. The molecule has 0 spiro atoms. The molecule has 0 atom stereocenters. The molecule has 0 saturated heterocycles. The molecule has 0 unspecified atom stereocenters. The quantitative estimate of drug-likeness (QED) is 0.382. The van der Waals surface area contributed by atoms with E-state index in [9.17, 15) is 14.4 Å². The van der Waals surface area contributed by atoms with Crippen molar-refractivity contribution in [3.05, 3.63) is 78.2 Å². The minimum absolute atomic E-state index is 0.0335. The summed E-state index contributed by atoms with van der Waals surface area (Å²) in [5, 5.41) is 1.81. The standard InChI is InChI=1S/C28H28N2O6/c1-28(2,3)36-24(31)17-30-22-12-7-6-10-19(22)21-16-18(13-14-23(21)30)29-15-9-8-11-20(26(32)34-4)25(29)27(33)35-5/h6-16H,17H2,1-5H3. The summed E-state index contributed by atoms with van der Waals surface area (Å²) in [6, 6.07) is 13.4. The zero-order valence-electron chi connectivity index (χ0n) is 20.9. The number of anilines is 1. The van der Waals surface area contributed by atoms with E-state index in [1.165, 1.54) is 20.3 Å². The van der Waals surface area contributed by atoms with Gasteiger partial charge in [-0.15, -0.1) is 0 Å². The third kappa shape index (κ3) is 4.75. The van der Waals surface area contributed by atoms with Gasteiger partial charge in [-0.3, -0.25) is 4.79 Å². The van der Waals surface area contributed by atoms with Gasteiger partial charge in [-0.1, -0.05) is 24.3 Å². The van der Waals surface area contributed by atoms with Crippen LogP contribution in [0.2, 0.25) is 0 Å². The van der Waals surface area contributed by atoms with E-state index in [1.54, 1.807) is 23.3 Å². The Balaban J connectivity index is 1.88. The molecule has 0 bridgehead atoms. The van der Waals surface area contributed by atoms with Crippen LogP contribution in [-0.4, -0.2) is 42.3 Å². The Labute approximate surface area is 209 Å². The van der Waals surface area contributed by atoms with Crippen LogP contribution in [0.3, 0.4) is 0 Å². The lowest BCUT2D eigenvalue weighted by molar-refractivity contribution is -0.155. The molecule has 1 aliphatic rings. The summed E-state index contributed by atoms with van der Waals surface area (Å²) in [6.45, 7) is 5.55. The Morgan fingerprint density at radius 2 is 1.56 bits per heavy atom. The molecule has 1 aliphatic heterocycles. The van der Waals surface area contributed by atoms with Crippen molar-refractivity contribution in [3.8, 4) is 0 Å². The van der Waals surface area contributed by atoms with Crippen molar-refractivity contribution in [1.29, 1.82) is 0 Å². The highest BCUT2D eigenvalue weighted by Crippen LogP contribution is 2.34. The number of allylic oxidation sites excluding steroid dienone is 2. The molecule has 0 saturated carbocycles. The Kier molecular flexibility index (Phi) is 6.70. The van der Waals surface area contributed by atoms with Crippen molar-refractivity contribution >= 4 is 45.4 Å². The van der Waals surface area contributed by atoms with Crippen LogP contribution in [0.4, 0.5) is 5.69 Å². The molecule has 0 aliphatic carbocycles. The number of hydrogen-bond donors (Lipinski definition) is 0. The second kappa shape index (κ2) is 9.73. The molecule has 4 rings (SSSR count). The van der Waals surface area contributed by atoms with Crippen molar-refractivity contribution in [2.75, 3.05) is 19.1 Å². The molecule has 36 heavy (non-hydrogen) atoms. The Bertz CT molecular complexity index is 1450. The van der Waals surface area contributed by atoms with Crippen molar-refractivity contribution in [2.45, 2.75) is 32.9 Å². The summed E-state index contributed by atoms with van der Waals surface area (Å²) in [6.07, 6.45) is 6.56. The number of benzene rings is 2. The predicted molar refractivity (Wildman–Crippen MR) is 137 cm³/mol. The first-order valence-electron chi connectivity index (χ1n) is 11.4. The van der Waals surface area contributed by atoms with Crippen LogP contribution in [0.15, 0.2) is 78.2 Å². The summed E-state index contributed by atoms with van der Waals surface area (Å²) in [7, 11) is 2.51. The molecular weight excluding hydrogens is 460 g/mol. The normalized spacial score (nSPS) is 13.8. The van der Waals surface area contributed by atoms with Gasteiger partial charge in [0.25, 0.3) is 0 Å². The van der Waals surface area contributed by atoms with Crippen LogP contribution >= 0.6 is 0 Å². The fraction of sp³-hybridized carbons (Fsp3) is 0.250. The third-order valence-corrected chi connectivity index (χ3v) is 5.63. The number of esters is 3. The number of aromatic nitrogens is 1. The van der Waals surface area contributed by atoms with Crippen molar-refractivity contribution in [1.82, 2.24) is 4.57 Å². The van der Waals surface area contributed by atoms with Crippen molar-refractivity contribution in [2.24, 2.45) is 0 Å². The van der Waals surface area contributed by atoms with Gasteiger partial charge in [0.15, 0.2) is 0 Å². The number of methoxy groups -OCH3 is 2. The zero-order chi connectivity index (χ0) is 26.0. The van der Waals surface area contributed by atoms with Gasteiger partial charge in [0.1, 0.15) is 17.8 Å². The maximum atomic E-state index is 12.8. The average molecular weight is 489 g/mol. The molecule has 0 amide bonds. The van der Waals surface area contributed by atoms with Crippen LogP contribution < -0.4 is 4.90 Å². The summed E-state index contributed by atoms with van der Waals surface area (Å²) in [5.74, 6) is -1.68. The molecule has 186 valence electrons. The Hall–Kier alpha value is -4.33. The monoisotopic (exact) mass is 488 g/mol. The molecule has 8 nitrogen and oxygen atoms in total. The van der Waals surface area contributed by atoms with Gasteiger partial charge in [0.2, 0.25) is 0 Å². The zero-order valence-corrected chi connectivity index (χ0v) is 20.9. The van der Waals surface area contributed by atoms with E-state index in [-0.39, 0.29) is 23.8 Å². The van der Waals surface area contributed by atoms with E-state index in [4.69, 9.17) is 14.2 Å². The minimum Gasteiger partial charge on any atom is -0.465 e. The van der Waals surface area contributed by atoms with Crippen LogP contribution in [-0.2, 0) is 35.1 Å². The fourth-order valence-corrected chi connectivity index (χ4v) is 4.23. The smallest absolute Gasteiger partial charge is 0.355 e. The average Bonchev–Trinajstić information content (AvgIpc) is 2.99. The molecule has 2 heterocycles. The number of rotatable bonds is 5. The molecular formula is C28H28N2O6. The van der Waals surface area contributed by atoms with E-state index >= 15 is 0 Å². The first kappa shape index (κ1) is 24.8. The predicted octanol–water partition coefficient (Wildman–Crippen LogP) is 4.63. The van der Waals surface area contributed by atoms with E-state index < -0.39 is 17.5 Å². The summed E-state index contributed by atoms with van der Waals surface area (Å²) < 4.78 is 17.4. The van der Waals surface area contributed by atoms with E-state index in [1.807, 2.05) is 67.8 Å². The van der Waals surface area contributed by atoms with Gasteiger partial charge in [-0.25, -0.2) is 9.59 Å². The molecule has 0 fully saturated rings. The number of carbonyl (C=O) groups is 3. The maximum Gasteiger partial charge on any atom is 0.355 e. The van der Waals surface area contributed by atoms with Gasteiger partial charge in [0, 0.05) is 33.7 Å². The second-order valence-electron chi connectivity index (χ2n) is 9.21. The van der Waals surface area contributed by atoms with Crippen molar-refractivity contribution < 1.29 is 28.6 Å². The first-order chi connectivity index (χ1) is 17.1. The molecule has 2 aromatic carbocycles. The maximum absolute atomic E-state index is 12.8. The van der Waals surface area contributed by atoms with Gasteiger partial charge in [-0.05, 0) is 57.2 Å². The summed E-state index contributed by atoms with van der Waals surface area (Å²) in [5.41, 5.74) is 1.85. The van der Waals surface area contributed by atoms with Gasteiger partial charge >= 0.3 is 17.9 Å². The number of ether oxygens (including phenoxy) is 3. The number of nitrogens with zero attached hydrogens (tertiary/aromatic N) is 2. The summed E-state index contributed by atoms with van der Waals surface area (Å²) >= 11 is 0. The van der Waals surface area contributed by atoms with Crippen LogP contribution in [0.5, 0.6) is 0 Å². The fourth-order valence-electron chi connectivity index (χ4n) is 4.23. The van der Waals surface area contributed by atoms with Gasteiger partial charge in [-0.2, -0.15) is 0 Å². The Morgan fingerprint density at radius 1 is 0.861 bits per heavy atom. The topological polar surface area (TPSA) is 87.1 Å². The molecule has 0 N–H and O–H groups in total. The van der Waals surface area contributed by atoms with Crippen molar-refractivity contribution in [3.63, 3.8) is 0 Å². The number of fused-ring (bicyclic) bond motifs is 3.